The maximum Gasteiger partial charge on any atom is 0.219 e. The zero-order chi connectivity index (χ0) is 7.11. The molecule has 0 rings (SSSR count). The molecule has 0 aliphatic carbocycles. The Morgan fingerprint density at radius 3 is 2.67 bits per heavy atom. The molecule has 0 atom stereocenters. The number of carbonyl (C=O) groups is 1. The predicted octanol–water partition coefficient (Wildman–Crippen LogP) is 0.333. The quantitative estimate of drug-likeness (QED) is 0.548. The Hall–Kier alpha value is -0.570. The Bertz CT molecular complexity index is 83.1. The number of hydrogen-bond acceptors (Lipinski definition) is 1. The summed E-state index contributed by atoms with van der Waals surface area (Å²) >= 11 is 0. The number of nitrogens with one attached hydrogen (secondary N) is 1. The molecule has 1 amide bonds. The van der Waals surface area contributed by atoms with Gasteiger partial charge in [-0.25, -0.2) is 5.11 Å². The molecule has 3 nitrogen and oxygen atoms in total. The molecule has 0 fully saturated rings. The van der Waals surface area contributed by atoms with E-state index in [2.05, 4.69) is 5.32 Å². The van der Waals surface area contributed by atoms with Crippen molar-refractivity contribution in [1.82, 2.24) is 5.32 Å². The standard InChI is InChI=1S/C6H12NO2/c1-2-6(9)7-4-3-5-8/h2-5H2,1H3,(H,7,9). The van der Waals surface area contributed by atoms with E-state index in [4.69, 9.17) is 0 Å². The summed E-state index contributed by atoms with van der Waals surface area (Å²) in [6.45, 7) is 2.20. The van der Waals surface area contributed by atoms with E-state index in [1.54, 1.807) is 6.92 Å². The summed E-state index contributed by atoms with van der Waals surface area (Å²) in [4.78, 5) is 10.5. The minimum Gasteiger partial charge on any atom is -0.356 e. The highest BCUT2D eigenvalue weighted by Gasteiger charge is 1.92. The van der Waals surface area contributed by atoms with Crippen molar-refractivity contribution in [2.75, 3.05) is 13.2 Å². The molecule has 0 bridgehead atoms. The van der Waals surface area contributed by atoms with Gasteiger partial charge in [-0.05, 0) is 6.42 Å². The molecule has 0 spiro atoms. The Labute approximate surface area is 55.1 Å². The lowest BCUT2D eigenvalue weighted by Crippen LogP contribution is -2.23. The second kappa shape index (κ2) is 5.56. The average molecular weight is 130 g/mol. The number of hydrogen-bond donors (Lipinski definition) is 1. The predicted molar refractivity (Wildman–Crippen MR) is 33.5 cm³/mol. The smallest absolute Gasteiger partial charge is 0.219 e. The molecule has 9 heavy (non-hydrogen) atoms. The summed E-state index contributed by atoms with van der Waals surface area (Å²) in [6.07, 6.45) is 1.03. The van der Waals surface area contributed by atoms with Gasteiger partial charge in [-0.15, -0.1) is 0 Å². The first-order valence-electron chi connectivity index (χ1n) is 3.16. The van der Waals surface area contributed by atoms with E-state index in [9.17, 15) is 9.90 Å². The fourth-order valence-electron chi connectivity index (χ4n) is 0.425. The summed E-state index contributed by atoms with van der Waals surface area (Å²) in [5.41, 5.74) is 0. The van der Waals surface area contributed by atoms with Gasteiger partial charge in [0, 0.05) is 13.0 Å². The molecule has 0 aliphatic heterocycles. The summed E-state index contributed by atoms with van der Waals surface area (Å²) in [6, 6.07) is 0. The maximum absolute atomic E-state index is 10.5. The highest BCUT2D eigenvalue weighted by molar-refractivity contribution is 5.75. The second-order valence-corrected chi connectivity index (χ2v) is 1.76. The third kappa shape index (κ3) is 5.30. The van der Waals surface area contributed by atoms with Crippen LogP contribution in [0, 0.1) is 0 Å². The van der Waals surface area contributed by atoms with Crippen molar-refractivity contribution in [3.05, 3.63) is 0 Å². The SMILES string of the molecule is CCC(=O)NCCC[O]. The van der Waals surface area contributed by atoms with Crippen molar-refractivity contribution in [3.63, 3.8) is 0 Å². The van der Waals surface area contributed by atoms with Crippen LogP contribution >= 0.6 is 0 Å². The van der Waals surface area contributed by atoms with Gasteiger partial charge in [0.15, 0.2) is 0 Å². The van der Waals surface area contributed by atoms with E-state index in [0.29, 0.717) is 19.4 Å². The molecule has 0 aromatic rings. The van der Waals surface area contributed by atoms with Crippen molar-refractivity contribution in [2.24, 2.45) is 0 Å². The second-order valence-electron chi connectivity index (χ2n) is 1.76. The third-order valence-corrected chi connectivity index (χ3v) is 0.964. The van der Waals surface area contributed by atoms with Crippen LogP contribution in [0.15, 0.2) is 0 Å². The number of rotatable bonds is 4. The van der Waals surface area contributed by atoms with Gasteiger partial charge < -0.3 is 5.32 Å². The molecule has 0 heterocycles. The van der Waals surface area contributed by atoms with Crippen molar-refractivity contribution in [3.8, 4) is 0 Å². The Morgan fingerprint density at radius 1 is 1.56 bits per heavy atom. The fraction of sp³-hybridized carbons (Fsp3) is 0.833. The number of carbonyl (C=O) groups excluding carboxylic acids is 1. The molecule has 0 aromatic carbocycles. The van der Waals surface area contributed by atoms with Crippen molar-refractivity contribution in [2.45, 2.75) is 19.8 Å². The first-order valence-corrected chi connectivity index (χ1v) is 3.16. The summed E-state index contributed by atoms with van der Waals surface area (Å²) < 4.78 is 0. The van der Waals surface area contributed by atoms with Crippen molar-refractivity contribution < 1.29 is 9.90 Å². The minimum atomic E-state index is -0.107. The molecule has 3 heteroatoms. The first kappa shape index (κ1) is 8.43. The van der Waals surface area contributed by atoms with Gasteiger partial charge in [0.1, 0.15) is 0 Å². The van der Waals surface area contributed by atoms with Crippen LogP contribution in [0.5, 0.6) is 0 Å². The fourth-order valence-corrected chi connectivity index (χ4v) is 0.425. The summed E-state index contributed by atoms with van der Waals surface area (Å²) in [5.74, 6) is 0.0171. The number of amides is 1. The molecule has 0 saturated carbocycles. The summed E-state index contributed by atoms with van der Waals surface area (Å²) in [5, 5.41) is 12.4. The highest BCUT2D eigenvalue weighted by atomic mass is 16.3. The third-order valence-electron chi connectivity index (χ3n) is 0.964. The Kier molecular flexibility index (Phi) is 5.21. The largest absolute Gasteiger partial charge is 0.356 e. The molecule has 0 unspecified atom stereocenters. The molecule has 0 aliphatic rings. The van der Waals surface area contributed by atoms with E-state index in [1.807, 2.05) is 0 Å². The molecular weight excluding hydrogens is 118 g/mol. The summed E-state index contributed by atoms with van der Waals surface area (Å²) in [7, 11) is 0. The normalized spacial score (nSPS) is 9.11. The van der Waals surface area contributed by atoms with Gasteiger partial charge in [-0.2, -0.15) is 0 Å². The zero-order valence-corrected chi connectivity index (χ0v) is 5.64. The lowest BCUT2D eigenvalue weighted by molar-refractivity contribution is -0.120. The molecule has 53 valence electrons. The Balaban J connectivity index is 2.97. The van der Waals surface area contributed by atoms with Crippen LogP contribution in [0.1, 0.15) is 19.8 Å². The van der Waals surface area contributed by atoms with Gasteiger partial charge in [0.2, 0.25) is 5.91 Å². The molecule has 1 N–H and O–H groups in total. The average Bonchev–Trinajstić information content (AvgIpc) is 1.89. The maximum atomic E-state index is 10.5. The van der Waals surface area contributed by atoms with Crippen molar-refractivity contribution >= 4 is 5.91 Å². The van der Waals surface area contributed by atoms with Gasteiger partial charge in [0.05, 0.1) is 6.61 Å². The molecule has 0 saturated heterocycles. The van der Waals surface area contributed by atoms with Crippen LogP contribution < -0.4 is 5.32 Å². The van der Waals surface area contributed by atoms with E-state index in [0.717, 1.165) is 0 Å². The van der Waals surface area contributed by atoms with Crippen LogP contribution in [-0.4, -0.2) is 19.1 Å². The Morgan fingerprint density at radius 2 is 2.22 bits per heavy atom. The van der Waals surface area contributed by atoms with Crippen LogP contribution in [-0.2, 0) is 9.90 Å². The minimum absolute atomic E-state index is 0.0171. The van der Waals surface area contributed by atoms with Gasteiger partial charge in [-0.1, -0.05) is 6.92 Å². The van der Waals surface area contributed by atoms with E-state index in [-0.39, 0.29) is 12.5 Å². The lowest BCUT2D eigenvalue weighted by atomic mass is 10.4. The molecular formula is C6H12NO2. The van der Waals surface area contributed by atoms with Crippen LogP contribution in [0.3, 0.4) is 0 Å². The van der Waals surface area contributed by atoms with E-state index >= 15 is 0 Å². The molecule has 1 radical (unpaired) electrons. The lowest BCUT2D eigenvalue weighted by Gasteiger charge is -1.98. The van der Waals surface area contributed by atoms with Crippen LogP contribution in [0.2, 0.25) is 0 Å². The van der Waals surface area contributed by atoms with Gasteiger partial charge in [-0.3, -0.25) is 4.79 Å². The van der Waals surface area contributed by atoms with E-state index < -0.39 is 0 Å². The van der Waals surface area contributed by atoms with Crippen LogP contribution in [0.25, 0.3) is 0 Å². The van der Waals surface area contributed by atoms with Gasteiger partial charge in [0.25, 0.3) is 0 Å². The highest BCUT2D eigenvalue weighted by Crippen LogP contribution is 1.76. The van der Waals surface area contributed by atoms with Crippen LogP contribution in [0.4, 0.5) is 0 Å². The first-order chi connectivity index (χ1) is 4.31. The monoisotopic (exact) mass is 130 g/mol. The topological polar surface area (TPSA) is 49.0 Å². The van der Waals surface area contributed by atoms with E-state index in [1.165, 1.54) is 0 Å². The van der Waals surface area contributed by atoms with Crippen molar-refractivity contribution in [1.29, 1.82) is 0 Å². The van der Waals surface area contributed by atoms with Gasteiger partial charge >= 0.3 is 0 Å². The molecule has 0 aromatic heterocycles. The zero-order valence-electron chi connectivity index (χ0n) is 5.64.